The van der Waals surface area contributed by atoms with Crippen LogP contribution in [0, 0.1) is 0 Å². The molecule has 1 rings (SSSR count). The molecule has 9 heteroatoms. The Hall–Kier alpha value is -1.70. The van der Waals surface area contributed by atoms with Gasteiger partial charge in [-0.1, -0.05) is 0 Å². The summed E-state index contributed by atoms with van der Waals surface area (Å²) in [5.41, 5.74) is -0.167. The molecule has 0 aromatic carbocycles. The molecule has 0 aliphatic heterocycles. The molecule has 0 spiro atoms. The van der Waals surface area contributed by atoms with E-state index in [4.69, 9.17) is 21.4 Å². The fourth-order valence-corrected chi connectivity index (χ4v) is 1.70. The molecule has 0 bridgehead atoms. The molecule has 0 saturated heterocycles. The van der Waals surface area contributed by atoms with Crippen molar-refractivity contribution in [1.82, 2.24) is 4.98 Å². The van der Waals surface area contributed by atoms with Gasteiger partial charge in [-0.05, 0) is 0 Å². The number of ether oxygens (including phenoxy) is 2. The standard InChI is InChI=1S/C10H9ClF3NO4/c1-18-9-6(3-11)5(2-8(16)17)7(4-15-9)19-10(12,13)14/h4H,2-3H2,1H3,(H,16,17). The quantitative estimate of drug-likeness (QED) is 0.845. The Morgan fingerprint density at radius 2 is 2.11 bits per heavy atom. The van der Waals surface area contributed by atoms with Gasteiger partial charge in [0.15, 0.2) is 5.75 Å². The number of aliphatic carboxylic acids is 1. The highest BCUT2D eigenvalue weighted by Crippen LogP contribution is 2.33. The normalized spacial score (nSPS) is 11.2. The van der Waals surface area contributed by atoms with Gasteiger partial charge in [-0.25, -0.2) is 4.98 Å². The van der Waals surface area contributed by atoms with Gasteiger partial charge in [0.2, 0.25) is 5.88 Å². The van der Waals surface area contributed by atoms with Crippen LogP contribution in [-0.2, 0) is 17.1 Å². The minimum Gasteiger partial charge on any atom is -0.481 e. The number of carboxylic acid groups (broad SMARTS) is 1. The molecule has 19 heavy (non-hydrogen) atoms. The monoisotopic (exact) mass is 299 g/mol. The molecule has 1 N–H and O–H groups in total. The minimum absolute atomic E-state index is 0.0409. The molecule has 1 heterocycles. The summed E-state index contributed by atoms with van der Waals surface area (Å²) in [6.45, 7) is 0. The Kier molecular flexibility index (Phi) is 4.82. The van der Waals surface area contributed by atoms with Crippen LogP contribution in [0.25, 0.3) is 0 Å². The first-order valence-electron chi connectivity index (χ1n) is 4.86. The summed E-state index contributed by atoms with van der Waals surface area (Å²) in [6.07, 6.45) is -4.89. The number of hydrogen-bond donors (Lipinski definition) is 1. The molecular weight excluding hydrogens is 291 g/mol. The van der Waals surface area contributed by atoms with Crippen LogP contribution in [0.2, 0.25) is 0 Å². The second kappa shape index (κ2) is 5.96. The highest BCUT2D eigenvalue weighted by molar-refractivity contribution is 6.17. The summed E-state index contributed by atoms with van der Waals surface area (Å²) in [4.78, 5) is 14.3. The van der Waals surface area contributed by atoms with E-state index in [-0.39, 0.29) is 22.9 Å². The van der Waals surface area contributed by atoms with Crippen molar-refractivity contribution >= 4 is 17.6 Å². The van der Waals surface area contributed by atoms with Crippen molar-refractivity contribution in [2.45, 2.75) is 18.7 Å². The molecule has 106 valence electrons. The summed E-state index contributed by atoms with van der Waals surface area (Å²) >= 11 is 5.59. The van der Waals surface area contributed by atoms with Crippen LogP contribution in [0.4, 0.5) is 13.2 Å². The van der Waals surface area contributed by atoms with Gasteiger partial charge >= 0.3 is 12.3 Å². The van der Waals surface area contributed by atoms with E-state index >= 15 is 0 Å². The van der Waals surface area contributed by atoms with E-state index in [9.17, 15) is 18.0 Å². The SMILES string of the molecule is COc1ncc(OC(F)(F)F)c(CC(=O)O)c1CCl. The molecule has 0 aliphatic rings. The van der Waals surface area contributed by atoms with Crippen molar-refractivity contribution < 1.29 is 32.5 Å². The summed E-state index contributed by atoms with van der Waals surface area (Å²) in [5.74, 6) is -2.33. The number of pyridine rings is 1. The van der Waals surface area contributed by atoms with E-state index in [2.05, 4.69) is 9.72 Å². The maximum Gasteiger partial charge on any atom is 0.573 e. The highest BCUT2D eigenvalue weighted by Gasteiger charge is 2.33. The maximum absolute atomic E-state index is 12.2. The van der Waals surface area contributed by atoms with Crippen molar-refractivity contribution in [2.75, 3.05) is 7.11 Å². The fraction of sp³-hybridized carbons (Fsp3) is 0.400. The van der Waals surface area contributed by atoms with E-state index in [1.165, 1.54) is 7.11 Å². The second-order valence-electron chi connectivity index (χ2n) is 3.34. The second-order valence-corrected chi connectivity index (χ2v) is 3.61. The third-order valence-electron chi connectivity index (χ3n) is 2.10. The lowest BCUT2D eigenvalue weighted by molar-refractivity contribution is -0.275. The Balaban J connectivity index is 3.33. The van der Waals surface area contributed by atoms with Crippen LogP contribution >= 0.6 is 11.6 Å². The largest absolute Gasteiger partial charge is 0.573 e. The molecule has 5 nitrogen and oxygen atoms in total. The molecule has 0 fully saturated rings. The average Bonchev–Trinajstić information content (AvgIpc) is 2.28. The minimum atomic E-state index is -4.95. The lowest BCUT2D eigenvalue weighted by atomic mass is 10.1. The molecule has 0 aliphatic carbocycles. The molecule has 0 amide bonds. The highest BCUT2D eigenvalue weighted by atomic mass is 35.5. The number of hydrogen-bond acceptors (Lipinski definition) is 4. The molecule has 0 unspecified atom stereocenters. The fourth-order valence-electron chi connectivity index (χ4n) is 1.42. The van der Waals surface area contributed by atoms with Crippen molar-refractivity contribution in [3.63, 3.8) is 0 Å². The Bertz CT molecular complexity index is 479. The molecule has 1 aromatic heterocycles. The molecule has 1 aromatic rings. The van der Waals surface area contributed by atoms with Crippen molar-refractivity contribution in [1.29, 1.82) is 0 Å². The number of carboxylic acids is 1. The van der Waals surface area contributed by atoms with Gasteiger partial charge in [0.05, 0.1) is 25.6 Å². The number of rotatable bonds is 5. The van der Waals surface area contributed by atoms with Crippen LogP contribution in [-0.4, -0.2) is 29.5 Å². The van der Waals surface area contributed by atoms with Crippen LogP contribution in [0.1, 0.15) is 11.1 Å². The predicted molar refractivity (Wildman–Crippen MR) is 58.4 cm³/mol. The number of alkyl halides is 4. The molecule has 0 atom stereocenters. The Morgan fingerprint density at radius 1 is 1.47 bits per heavy atom. The predicted octanol–water partition coefficient (Wildman–Crippen LogP) is 2.35. The van der Waals surface area contributed by atoms with E-state index in [1.54, 1.807) is 0 Å². The lowest BCUT2D eigenvalue weighted by Gasteiger charge is -2.16. The third kappa shape index (κ3) is 4.16. The number of halogens is 4. The summed E-state index contributed by atoms with van der Waals surface area (Å²) < 4.78 is 45.2. The smallest absolute Gasteiger partial charge is 0.481 e. The number of aromatic nitrogens is 1. The van der Waals surface area contributed by atoms with Gasteiger partial charge in [0.25, 0.3) is 0 Å². The zero-order chi connectivity index (χ0) is 14.6. The van der Waals surface area contributed by atoms with E-state index in [1.807, 2.05) is 0 Å². The summed E-state index contributed by atoms with van der Waals surface area (Å²) in [6, 6.07) is 0. The number of methoxy groups -OCH3 is 1. The maximum atomic E-state index is 12.2. The van der Waals surface area contributed by atoms with E-state index in [0.717, 1.165) is 6.20 Å². The Labute approximate surface area is 110 Å². The van der Waals surface area contributed by atoms with Gasteiger partial charge in [0.1, 0.15) is 0 Å². The summed E-state index contributed by atoms with van der Waals surface area (Å²) in [5, 5.41) is 8.73. The third-order valence-corrected chi connectivity index (χ3v) is 2.37. The van der Waals surface area contributed by atoms with E-state index in [0.29, 0.717) is 0 Å². The van der Waals surface area contributed by atoms with Gasteiger partial charge in [-0.3, -0.25) is 4.79 Å². The van der Waals surface area contributed by atoms with Crippen LogP contribution < -0.4 is 9.47 Å². The van der Waals surface area contributed by atoms with Crippen molar-refractivity contribution in [3.05, 3.63) is 17.3 Å². The zero-order valence-corrected chi connectivity index (χ0v) is 10.4. The molecule has 0 saturated carbocycles. The van der Waals surface area contributed by atoms with Crippen molar-refractivity contribution in [3.8, 4) is 11.6 Å². The van der Waals surface area contributed by atoms with E-state index < -0.39 is 24.5 Å². The van der Waals surface area contributed by atoms with Crippen LogP contribution in [0.3, 0.4) is 0 Å². The summed E-state index contributed by atoms with van der Waals surface area (Å²) in [7, 11) is 1.24. The molecular formula is C10H9ClF3NO4. The van der Waals surface area contributed by atoms with Gasteiger partial charge in [0, 0.05) is 11.1 Å². The van der Waals surface area contributed by atoms with Crippen LogP contribution in [0.15, 0.2) is 6.20 Å². The first kappa shape index (κ1) is 15.4. The van der Waals surface area contributed by atoms with Gasteiger partial charge < -0.3 is 14.6 Å². The average molecular weight is 300 g/mol. The first-order chi connectivity index (χ1) is 8.78. The number of carbonyl (C=O) groups is 1. The Morgan fingerprint density at radius 3 is 2.53 bits per heavy atom. The lowest BCUT2D eigenvalue weighted by Crippen LogP contribution is -2.20. The molecule has 0 radical (unpaired) electrons. The van der Waals surface area contributed by atoms with Crippen molar-refractivity contribution in [2.24, 2.45) is 0 Å². The zero-order valence-electron chi connectivity index (χ0n) is 9.62. The van der Waals surface area contributed by atoms with Gasteiger partial charge in [-0.15, -0.1) is 24.8 Å². The van der Waals surface area contributed by atoms with Crippen LogP contribution in [0.5, 0.6) is 11.6 Å². The van der Waals surface area contributed by atoms with Gasteiger partial charge in [-0.2, -0.15) is 0 Å². The number of nitrogens with zero attached hydrogens (tertiary/aromatic N) is 1. The first-order valence-corrected chi connectivity index (χ1v) is 5.40. The topological polar surface area (TPSA) is 68.7 Å².